The van der Waals surface area contributed by atoms with Gasteiger partial charge in [0.1, 0.15) is 0 Å². The van der Waals surface area contributed by atoms with Gasteiger partial charge in [0.25, 0.3) is 0 Å². The van der Waals surface area contributed by atoms with Crippen LogP contribution in [0.15, 0.2) is 24.3 Å². The van der Waals surface area contributed by atoms with Crippen molar-refractivity contribution in [2.75, 3.05) is 0 Å². The summed E-state index contributed by atoms with van der Waals surface area (Å²) < 4.78 is 0. The highest BCUT2D eigenvalue weighted by atomic mass is 16.3. The fourth-order valence-electron chi connectivity index (χ4n) is 2.66. The SMILES string of the molecule is CCCC/C=C/C/C=C/CC(O)C1CCCCC1. The van der Waals surface area contributed by atoms with Gasteiger partial charge in [0, 0.05) is 0 Å². The predicted octanol–water partition coefficient (Wildman–Crippen LogP) is 5.01. The van der Waals surface area contributed by atoms with Crippen molar-refractivity contribution in [1.29, 1.82) is 0 Å². The molecule has 1 N–H and O–H groups in total. The van der Waals surface area contributed by atoms with Gasteiger partial charge in [-0.25, -0.2) is 0 Å². The van der Waals surface area contributed by atoms with Gasteiger partial charge < -0.3 is 5.11 Å². The molecule has 1 rings (SSSR count). The van der Waals surface area contributed by atoms with Crippen LogP contribution in [0.2, 0.25) is 0 Å². The predicted molar refractivity (Wildman–Crippen MR) is 79.6 cm³/mol. The van der Waals surface area contributed by atoms with Gasteiger partial charge in [-0.3, -0.25) is 0 Å². The fraction of sp³-hybridized carbons (Fsp3) is 0.765. The summed E-state index contributed by atoms with van der Waals surface area (Å²) in [7, 11) is 0. The maximum Gasteiger partial charge on any atom is 0.0602 e. The zero-order chi connectivity index (χ0) is 13.1. The van der Waals surface area contributed by atoms with Crippen LogP contribution >= 0.6 is 0 Å². The van der Waals surface area contributed by atoms with Gasteiger partial charge in [-0.2, -0.15) is 0 Å². The molecule has 18 heavy (non-hydrogen) atoms. The Hall–Kier alpha value is -0.560. The summed E-state index contributed by atoms with van der Waals surface area (Å²) in [5.74, 6) is 0.559. The fourth-order valence-corrected chi connectivity index (χ4v) is 2.66. The third kappa shape index (κ3) is 7.00. The number of aliphatic hydroxyl groups is 1. The lowest BCUT2D eigenvalue weighted by atomic mass is 9.84. The smallest absolute Gasteiger partial charge is 0.0602 e. The Morgan fingerprint density at radius 2 is 1.78 bits per heavy atom. The van der Waals surface area contributed by atoms with E-state index in [0.29, 0.717) is 5.92 Å². The molecule has 104 valence electrons. The van der Waals surface area contributed by atoms with E-state index in [1.165, 1.54) is 51.4 Å². The molecule has 1 aliphatic rings. The van der Waals surface area contributed by atoms with Crippen LogP contribution in [0, 0.1) is 5.92 Å². The molecular weight excluding hydrogens is 220 g/mol. The highest BCUT2D eigenvalue weighted by Crippen LogP contribution is 2.27. The molecular formula is C17H30O. The molecule has 0 heterocycles. The molecule has 0 aromatic carbocycles. The highest BCUT2D eigenvalue weighted by Gasteiger charge is 2.20. The van der Waals surface area contributed by atoms with Crippen molar-refractivity contribution in [2.24, 2.45) is 5.92 Å². The lowest BCUT2D eigenvalue weighted by Crippen LogP contribution is -2.22. The Kier molecular flexibility index (Phi) is 8.93. The van der Waals surface area contributed by atoms with Crippen LogP contribution in [0.25, 0.3) is 0 Å². The van der Waals surface area contributed by atoms with Crippen molar-refractivity contribution in [2.45, 2.75) is 77.2 Å². The molecule has 0 radical (unpaired) electrons. The third-order valence-corrected chi connectivity index (χ3v) is 3.90. The molecule has 0 aromatic heterocycles. The second kappa shape index (κ2) is 10.4. The van der Waals surface area contributed by atoms with E-state index in [9.17, 15) is 5.11 Å². The van der Waals surface area contributed by atoms with E-state index < -0.39 is 0 Å². The maximum atomic E-state index is 10.1. The van der Waals surface area contributed by atoms with E-state index in [0.717, 1.165) is 12.8 Å². The summed E-state index contributed by atoms with van der Waals surface area (Å²) in [6, 6.07) is 0. The minimum atomic E-state index is -0.106. The Labute approximate surface area is 113 Å². The van der Waals surface area contributed by atoms with Crippen molar-refractivity contribution in [1.82, 2.24) is 0 Å². The Bertz CT molecular complexity index is 236. The maximum absolute atomic E-state index is 10.1. The molecule has 1 unspecified atom stereocenters. The van der Waals surface area contributed by atoms with Crippen LogP contribution in [0.3, 0.4) is 0 Å². The highest BCUT2D eigenvalue weighted by molar-refractivity contribution is 4.94. The lowest BCUT2D eigenvalue weighted by molar-refractivity contribution is 0.0873. The van der Waals surface area contributed by atoms with E-state index in [4.69, 9.17) is 0 Å². The quantitative estimate of drug-likeness (QED) is 0.474. The minimum Gasteiger partial charge on any atom is -0.393 e. The summed E-state index contributed by atoms with van der Waals surface area (Å²) in [6.45, 7) is 2.22. The van der Waals surface area contributed by atoms with Crippen LogP contribution in [0.4, 0.5) is 0 Å². The second-order valence-electron chi connectivity index (χ2n) is 5.52. The zero-order valence-electron chi connectivity index (χ0n) is 12.0. The number of hydrogen-bond acceptors (Lipinski definition) is 1. The topological polar surface area (TPSA) is 20.2 Å². The van der Waals surface area contributed by atoms with Crippen molar-refractivity contribution >= 4 is 0 Å². The summed E-state index contributed by atoms with van der Waals surface area (Å²) in [6.07, 6.45) is 20.8. The largest absolute Gasteiger partial charge is 0.393 e. The lowest BCUT2D eigenvalue weighted by Gasteiger charge is -2.25. The number of allylic oxidation sites excluding steroid dienone is 3. The Morgan fingerprint density at radius 1 is 1.06 bits per heavy atom. The molecule has 1 fully saturated rings. The molecule has 1 aliphatic carbocycles. The van der Waals surface area contributed by atoms with Crippen LogP contribution in [0.1, 0.15) is 71.1 Å². The standard InChI is InChI=1S/C17H30O/c1-2-3-4-5-6-7-8-12-15-17(18)16-13-10-9-11-14-16/h5-6,8,12,16-18H,2-4,7,9-11,13-15H2,1H3/b6-5+,12-8+. The average molecular weight is 250 g/mol. The normalized spacial score (nSPS) is 19.9. The van der Waals surface area contributed by atoms with E-state index in [-0.39, 0.29) is 6.10 Å². The summed E-state index contributed by atoms with van der Waals surface area (Å²) in [4.78, 5) is 0. The first-order valence-corrected chi connectivity index (χ1v) is 7.82. The molecule has 0 amide bonds. The van der Waals surface area contributed by atoms with Crippen molar-refractivity contribution in [3.63, 3.8) is 0 Å². The first kappa shape index (κ1) is 15.5. The molecule has 1 saturated carbocycles. The van der Waals surface area contributed by atoms with Gasteiger partial charge in [-0.1, -0.05) is 63.3 Å². The Balaban J connectivity index is 2.06. The third-order valence-electron chi connectivity index (χ3n) is 3.90. The molecule has 1 atom stereocenters. The summed E-state index contributed by atoms with van der Waals surface area (Å²) in [5.41, 5.74) is 0. The zero-order valence-corrected chi connectivity index (χ0v) is 12.0. The van der Waals surface area contributed by atoms with Gasteiger partial charge in [0.15, 0.2) is 0 Å². The molecule has 0 aromatic rings. The van der Waals surface area contributed by atoms with Gasteiger partial charge >= 0.3 is 0 Å². The monoisotopic (exact) mass is 250 g/mol. The van der Waals surface area contributed by atoms with Gasteiger partial charge in [0.2, 0.25) is 0 Å². The molecule has 0 bridgehead atoms. The first-order chi connectivity index (χ1) is 8.84. The van der Waals surface area contributed by atoms with Crippen LogP contribution < -0.4 is 0 Å². The van der Waals surface area contributed by atoms with E-state index in [2.05, 4.69) is 31.2 Å². The number of aliphatic hydroxyl groups excluding tert-OH is 1. The first-order valence-electron chi connectivity index (χ1n) is 7.82. The van der Waals surface area contributed by atoms with E-state index in [1.807, 2.05) is 0 Å². The molecule has 0 spiro atoms. The van der Waals surface area contributed by atoms with E-state index >= 15 is 0 Å². The Morgan fingerprint density at radius 3 is 2.50 bits per heavy atom. The van der Waals surface area contributed by atoms with Crippen molar-refractivity contribution < 1.29 is 5.11 Å². The van der Waals surface area contributed by atoms with Crippen LogP contribution in [-0.4, -0.2) is 11.2 Å². The van der Waals surface area contributed by atoms with Crippen LogP contribution in [0.5, 0.6) is 0 Å². The molecule has 1 nitrogen and oxygen atoms in total. The van der Waals surface area contributed by atoms with Crippen molar-refractivity contribution in [3.8, 4) is 0 Å². The van der Waals surface area contributed by atoms with Gasteiger partial charge in [0.05, 0.1) is 6.10 Å². The van der Waals surface area contributed by atoms with Crippen molar-refractivity contribution in [3.05, 3.63) is 24.3 Å². The summed E-state index contributed by atoms with van der Waals surface area (Å²) in [5, 5.41) is 10.1. The number of rotatable bonds is 8. The van der Waals surface area contributed by atoms with Gasteiger partial charge in [-0.15, -0.1) is 0 Å². The molecule has 1 heteroatoms. The van der Waals surface area contributed by atoms with Gasteiger partial charge in [-0.05, 0) is 38.0 Å². The average Bonchev–Trinajstić information content (AvgIpc) is 2.42. The molecule has 0 aliphatic heterocycles. The second-order valence-corrected chi connectivity index (χ2v) is 5.52. The number of unbranched alkanes of at least 4 members (excludes halogenated alkanes) is 2. The minimum absolute atomic E-state index is 0.106. The van der Waals surface area contributed by atoms with Crippen LogP contribution in [-0.2, 0) is 0 Å². The molecule has 0 saturated heterocycles. The number of hydrogen-bond donors (Lipinski definition) is 1. The van der Waals surface area contributed by atoms with E-state index in [1.54, 1.807) is 0 Å². The summed E-state index contributed by atoms with van der Waals surface area (Å²) >= 11 is 0.